The minimum atomic E-state index is -0.377. The van der Waals surface area contributed by atoms with Crippen molar-refractivity contribution in [3.05, 3.63) is 84.6 Å². The van der Waals surface area contributed by atoms with Gasteiger partial charge in [-0.3, -0.25) is 19.5 Å². The molecule has 1 aromatic heterocycles. The first kappa shape index (κ1) is 27.3. The lowest BCUT2D eigenvalue weighted by Gasteiger charge is -2.26. The third-order valence-corrected chi connectivity index (χ3v) is 6.19. The fourth-order valence-corrected chi connectivity index (χ4v) is 4.06. The number of hydrogen-bond donors (Lipinski definition) is 1. The maximum atomic E-state index is 13.3. The Hall–Kier alpha value is -4.79. The average Bonchev–Trinajstić information content (AvgIpc) is 3.39. The molecule has 202 valence electrons. The van der Waals surface area contributed by atoms with E-state index in [0.29, 0.717) is 34.5 Å². The number of aromatic nitrogens is 2. The van der Waals surface area contributed by atoms with E-state index in [1.807, 2.05) is 68.6 Å². The molecule has 0 aliphatic rings. The van der Waals surface area contributed by atoms with Gasteiger partial charge >= 0.3 is 0 Å². The van der Waals surface area contributed by atoms with Crippen molar-refractivity contribution in [1.82, 2.24) is 14.5 Å². The fraction of sp³-hybridized carbons (Fsp3) is 0.233. The van der Waals surface area contributed by atoms with Gasteiger partial charge in [-0.15, -0.1) is 0 Å². The molecule has 0 spiro atoms. The molecule has 0 fully saturated rings. The summed E-state index contributed by atoms with van der Waals surface area (Å²) in [6, 6.07) is 21.6. The molecule has 4 rings (SSSR count). The molecule has 0 aliphatic carbocycles. The van der Waals surface area contributed by atoms with Crippen LogP contribution in [-0.2, 0) is 4.79 Å². The zero-order valence-electron chi connectivity index (χ0n) is 22.7. The highest BCUT2D eigenvalue weighted by atomic mass is 16.5. The maximum Gasteiger partial charge on any atom is 0.254 e. The normalized spacial score (nSPS) is 10.7. The van der Waals surface area contributed by atoms with Crippen LogP contribution in [-0.4, -0.2) is 60.2 Å². The summed E-state index contributed by atoms with van der Waals surface area (Å²) >= 11 is 0. The van der Waals surface area contributed by atoms with Crippen molar-refractivity contribution in [2.45, 2.75) is 19.9 Å². The van der Waals surface area contributed by atoms with Crippen LogP contribution < -0.4 is 19.5 Å². The standard InChI is InChI=1S/C30H32N4O5/c1-20(2)33(29(36)22-9-7-11-26(17-22)39-5)19-28(35)32-30-31-27(21-8-6-10-25(16-21)38-4)18-34(30)23-12-14-24(37-3)15-13-23/h6-18,20H,19H2,1-5H3,(H,31,32,35). The fourth-order valence-electron chi connectivity index (χ4n) is 4.06. The first-order valence-electron chi connectivity index (χ1n) is 12.5. The molecular formula is C30H32N4O5. The summed E-state index contributed by atoms with van der Waals surface area (Å²) in [5.41, 5.74) is 2.69. The number of nitrogens with one attached hydrogen (secondary N) is 1. The molecule has 0 aliphatic heterocycles. The Balaban J connectivity index is 1.63. The SMILES string of the molecule is COc1ccc(-n2cc(-c3cccc(OC)c3)nc2NC(=O)CN(C(=O)c2cccc(OC)c2)C(C)C)cc1. The van der Waals surface area contributed by atoms with E-state index in [4.69, 9.17) is 19.2 Å². The number of benzene rings is 3. The highest BCUT2D eigenvalue weighted by Crippen LogP contribution is 2.28. The number of hydrogen-bond acceptors (Lipinski definition) is 6. The summed E-state index contributed by atoms with van der Waals surface area (Å²) in [6.45, 7) is 3.58. The van der Waals surface area contributed by atoms with Gasteiger partial charge in [0.1, 0.15) is 23.8 Å². The number of carbonyl (C=O) groups is 2. The van der Waals surface area contributed by atoms with E-state index < -0.39 is 0 Å². The van der Waals surface area contributed by atoms with Crippen molar-refractivity contribution in [2.75, 3.05) is 33.2 Å². The van der Waals surface area contributed by atoms with Gasteiger partial charge in [-0.25, -0.2) is 4.98 Å². The van der Waals surface area contributed by atoms with Crippen LogP contribution in [0.15, 0.2) is 79.0 Å². The lowest BCUT2D eigenvalue weighted by molar-refractivity contribution is -0.117. The second kappa shape index (κ2) is 12.2. The predicted molar refractivity (Wildman–Crippen MR) is 150 cm³/mol. The van der Waals surface area contributed by atoms with Gasteiger partial charge in [0, 0.05) is 29.1 Å². The van der Waals surface area contributed by atoms with E-state index in [-0.39, 0.29) is 24.4 Å². The van der Waals surface area contributed by atoms with Crippen molar-refractivity contribution >= 4 is 17.8 Å². The van der Waals surface area contributed by atoms with Crippen LogP contribution in [0, 0.1) is 0 Å². The molecule has 4 aromatic rings. The number of rotatable bonds is 10. The van der Waals surface area contributed by atoms with Crippen LogP contribution in [0.2, 0.25) is 0 Å². The second-order valence-electron chi connectivity index (χ2n) is 9.06. The monoisotopic (exact) mass is 528 g/mol. The van der Waals surface area contributed by atoms with E-state index >= 15 is 0 Å². The molecule has 1 heterocycles. The first-order chi connectivity index (χ1) is 18.8. The van der Waals surface area contributed by atoms with Crippen molar-refractivity contribution in [3.63, 3.8) is 0 Å². The smallest absolute Gasteiger partial charge is 0.254 e. The molecule has 39 heavy (non-hydrogen) atoms. The third kappa shape index (κ3) is 6.38. The zero-order valence-corrected chi connectivity index (χ0v) is 22.7. The zero-order chi connectivity index (χ0) is 27.9. The second-order valence-corrected chi connectivity index (χ2v) is 9.06. The summed E-state index contributed by atoms with van der Waals surface area (Å²) in [4.78, 5) is 32.8. The Labute approximate surface area is 227 Å². The quantitative estimate of drug-likeness (QED) is 0.309. The number of anilines is 1. The predicted octanol–water partition coefficient (Wildman–Crippen LogP) is 5.05. The van der Waals surface area contributed by atoms with Gasteiger partial charge in [0.2, 0.25) is 11.9 Å². The highest BCUT2D eigenvalue weighted by molar-refractivity contribution is 5.99. The molecular weight excluding hydrogens is 496 g/mol. The van der Waals surface area contributed by atoms with Crippen LogP contribution in [0.1, 0.15) is 24.2 Å². The molecule has 2 amide bonds. The van der Waals surface area contributed by atoms with Gasteiger partial charge in [-0.05, 0) is 68.4 Å². The minimum absolute atomic E-state index is 0.155. The number of methoxy groups -OCH3 is 3. The van der Waals surface area contributed by atoms with Crippen LogP contribution in [0.5, 0.6) is 17.2 Å². The van der Waals surface area contributed by atoms with E-state index in [1.165, 1.54) is 4.90 Å². The highest BCUT2D eigenvalue weighted by Gasteiger charge is 2.23. The summed E-state index contributed by atoms with van der Waals surface area (Å²) in [7, 11) is 4.75. The summed E-state index contributed by atoms with van der Waals surface area (Å²) in [5, 5.41) is 2.90. The lowest BCUT2D eigenvalue weighted by atomic mass is 10.1. The van der Waals surface area contributed by atoms with E-state index in [9.17, 15) is 9.59 Å². The van der Waals surface area contributed by atoms with Crippen molar-refractivity contribution in [1.29, 1.82) is 0 Å². The molecule has 0 unspecified atom stereocenters. The summed E-state index contributed by atoms with van der Waals surface area (Å²) in [6.07, 6.45) is 1.84. The molecule has 0 saturated carbocycles. The van der Waals surface area contributed by atoms with E-state index in [0.717, 1.165) is 11.3 Å². The number of ether oxygens (including phenoxy) is 3. The van der Waals surface area contributed by atoms with Gasteiger partial charge < -0.3 is 19.1 Å². The Bertz CT molecular complexity index is 1450. The number of carbonyl (C=O) groups excluding carboxylic acids is 2. The Morgan fingerprint density at radius 3 is 2.15 bits per heavy atom. The van der Waals surface area contributed by atoms with Gasteiger partial charge in [0.15, 0.2) is 0 Å². The summed E-state index contributed by atoms with van der Waals surface area (Å²) in [5.74, 6) is 1.65. The molecule has 1 N–H and O–H groups in total. The Morgan fingerprint density at radius 2 is 1.51 bits per heavy atom. The Morgan fingerprint density at radius 1 is 0.872 bits per heavy atom. The van der Waals surface area contributed by atoms with Gasteiger partial charge in [-0.1, -0.05) is 18.2 Å². The van der Waals surface area contributed by atoms with Crippen molar-refractivity contribution < 1.29 is 23.8 Å². The van der Waals surface area contributed by atoms with Gasteiger partial charge in [0.25, 0.3) is 5.91 Å². The van der Waals surface area contributed by atoms with E-state index in [2.05, 4.69) is 5.32 Å². The van der Waals surface area contributed by atoms with E-state index in [1.54, 1.807) is 50.2 Å². The summed E-state index contributed by atoms with van der Waals surface area (Å²) < 4.78 is 17.7. The molecule has 0 bridgehead atoms. The number of imidazole rings is 1. The van der Waals surface area contributed by atoms with Gasteiger partial charge in [0.05, 0.1) is 27.0 Å². The number of amides is 2. The third-order valence-electron chi connectivity index (χ3n) is 6.19. The maximum absolute atomic E-state index is 13.3. The molecule has 9 heteroatoms. The molecule has 0 atom stereocenters. The lowest BCUT2D eigenvalue weighted by Crippen LogP contribution is -2.42. The Kier molecular flexibility index (Phi) is 8.50. The van der Waals surface area contributed by atoms with Gasteiger partial charge in [-0.2, -0.15) is 0 Å². The number of nitrogens with zero attached hydrogens (tertiary/aromatic N) is 3. The van der Waals surface area contributed by atoms with Crippen molar-refractivity contribution in [2.24, 2.45) is 0 Å². The minimum Gasteiger partial charge on any atom is -0.497 e. The van der Waals surface area contributed by atoms with Crippen LogP contribution in [0.25, 0.3) is 16.9 Å². The molecule has 0 radical (unpaired) electrons. The van der Waals surface area contributed by atoms with Crippen LogP contribution >= 0.6 is 0 Å². The largest absolute Gasteiger partial charge is 0.497 e. The first-order valence-corrected chi connectivity index (χ1v) is 12.5. The van der Waals surface area contributed by atoms with Crippen LogP contribution in [0.3, 0.4) is 0 Å². The molecule has 9 nitrogen and oxygen atoms in total. The van der Waals surface area contributed by atoms with Crippen LogP contribution in [0.4, 0.5) is 5.95 Å². The van der Waals surface area contributed by atoms with Crippen molar-refractivity contribution in [3.8, 4) is 34.2 Å². The topological polar surface area (TPSA) is 94.9 Å². The average molecular weight is 529 g/mol. The molecule has 0 saturated heterocycles. The molecule has 3 aromatic carbocycles.